The Bertz CT molecular complexity index is 489. The van der Waals surface area contributed by atoms with Crippen molar-refractivity contribution in [3.05, 3.63) is 57.1 Å². The van der Waals surface area contributed by atoms with Crippen LogP contribution < -0.4 is 5.32 Å². The van der Waals surface area contributed by atoms with E-state index >= 15 is 0 Å². The average molecular weight is 355 g/mol. The summed E-state index contributed by atoms with van der Waals surface area (Å²) < 4.78 is 6.68. The molecular weight excluding hydrogens is 337 g/mol. The number of furan rings is 1. The molecule has 2 rings (SSSR count). The van der Waals surface area contributed by atoms with Crippen LogP contribution in [0.4, 0.5) is 0 Å². The molecule has 1 N–H and O–H groups in total. The molecule has 0 spiro atoms. The van der Waals surface area contributed by atoms with Gasteiger partial charge in [0.05, 0.1) is 6.26 Å². The molecule has 0 radical (unpaired) electrons. The normalized spacial score (nSPS) is 12.6. The van der Waals surface area contributed by atoms with Gasteiger partial charge in [0, 0.05) is 15.2 Å². The third kappa shape index (κ3) is 3.36. The molecule has 3 heteroatoms. The maximum atomic E-state index is 5.41. The highest BCUT2D eigenvalue weighted by molar-refractivity contribution is 14.1. The fourth-order valence-electron chi connectivity index (χ4n) is 2.15. The second-order valence-electron chi connectivity index (χ2n) is 4.37. The van der Waals surface area contributed by atoms with Crippen molar-refractivity contribution in [2.75, 3.05) is 6.54 Å². The average Bonchev–Trinajstić information content (AvgIpc) is 2.78. The van der Waals surface area contributed by atoms with Crippen molar-refractivity contribution in [1.29, 1.82) is 0 Å². The van der Waals surface area contributed by atoms with Gasteiger partial charge in [-0.1, -0.05) is 19.1 Å². The summed E-state index contributed by atoms with van der Waals surface area (Å²) in [5.74, 6) is 1.01. The van der Waals surface area contributed by atoms with E-state index in [2.05, 4.69) is 65.2 Å². The molecular formula is C15H18INO. The molecule has 0 aliphatic heterocycles. The summed E-state index contributed by atoms with van der Waals surface area (Å²) in [6.45, 7) is 5.11. The smallest absolute Gasteiger partial charge is 0.105 e. The molecule has 0 bridgehead atoms. The molecule has 18 heavy (non-hydrogen) atoms. The van der Waals surface area contributed by atoms with Gasteiger partial charge in [-0.05, 0) is 66.2 Å². The van der Waals surface area contributed by atoms with Gasteiger partial charge in [-0.2, -0.15) is 0 Å². The minimum Gasteiger partial charge on any atom is -0.469 e. The fraction of sp³-hybridized carbons (Fsp3) is 0.333. The van der Waals surface area contributed by atoms with Gasteiger partial charge in [0.15, 0.2) is 0 Å². The second-order valence-corrected chi connectivity index (χ2v) is 5.62. The molecule has 0 amide bonds. The van der Waals surface area contributed by atoms with Gasteiger partial charge >= 0.3 is 0 Å². The van der Waals surface area contributed by atoms with E-state index in [1.54, 1.807) is 6.26 Å². The highest BCUT2D eigenvalue weighted by Crippen LogP contribution is 2.23. The first-order valence-electron chi connectivity index (χ1n) is 6.22. The summed E-state index contributed by atoms with van der Waals surface area (Å²) in [5, 5.41) is 3.53. The van der Waals surface area contributed by atoms with Crippen LogP contribution in [-0.2, 0) is 6.42 Å². The number of benzene rings is 1. The van der Waals surface area contributed by atoms with E-state index in [1.807, 2.05) is 6.92 Å². The molecule has 1 aromatic heterocycles. The lowest BCUT2D eigenvalue weighted by molar-refractivity contribution is 0.501. The van der Waals surface area contributed by atoms with Crippen molar-refractivity contribution >= 4 is 22.6 Å². The molecule has 0 aliphatic carbocycles. The first kappa shape index (κ1) is 13.6. The van der Waals surface area contributed by atoms with Crippen LogP contribution >= 0.6 is 22.6 Å². The quantitative estimate of drug-likeness (QED) is 0.818. The Morgan fingerprint density at radius 2 is 1.94 bits per heavy atom. The molecule has 0 fully saturated rings. The van der Waals surface area contributed by atoms with Gasteiger partial charge in [0.1, 0.15) is 5.76 Å². The third-order valence-electron chi connectivity index (χ3n) is 3.08. The highest BCUT2D eigenvalue weighted by Gasteiger charge is 2.15. The number of halogens is 1. The van der Waals surface area contributed by atoms with Gasteiger partial charge in [-0.25, -0.2) is 0 Å². The van der Waals surface area contributed by atoms with Crippen molar-refractivity contribution in [3.63, 3.8) is 0 Å². The summed E-state index contributed by atoms with van der Waals surface area (Å²) in [7, 11) is 0. The summed E-state index contributed by atoms with van der Waals surface area (Å²) in [5.41, 5.74) is 2.61. The molecule has 1 heterocycles. The molecule has 0 aliphatic rings. The molecule has 0 saturated heterocycles. The lowest BCUT2D eigenvalue weighted by atomic mass is 9.99. The number of likely N-dealkylation sites (N-methyl/N-ethyl adjacent to an activating group) is 1. The van der Waals surface area contributed by atoms with Crippen LogP contribution in [0.2, 0.25) is 0 Å². The van der Waals surface area contributed by atoms with Crippen molar-refractivity contribution in [2.45, 2.75) is 26.3 Å². The Labute approximate surface area is 122 Å². The summed E-state index contributed by atoms with van der Waals surface area (Å²) >= 11 is 2.33. The molecule has 2 nitrogen and oxygen atoms in total. The Hall–Kier alpha value is -0.810. The Kier molecular flexibility index (Phi) is 4.83. The molecule has 1 atom stereocenters. The maximum Gasteiger partial charge on any atom is 0.105 e. The van der Waals surface area contributed by atoms with Crippen molar-refractivity contribution in [1.82, 2.24) is 5.32 Å². The van der Waals surface area contributed by atoms with Crippen molar-refractivity contribution in [2.24, 2.45) is 0 Å². The maximum absolute atomic E-state index is 5.41. The predicted molar refractivity (Wildman–Crippen MR) is 82.7 cm³/mol. The molecule has 0 saturated carbocycles. The largest absolute Gasteiger partial charge is 0.469 e. The molecule has 1 unspecified atom stereocenters. The highest BCUT2D eigenvalue weighted by atomic mass is 127. The predicted octanol–water partition coefficient (Wildman–Crippen LogP) is 4.09. The zero-order chi connectivity index (χ0) is 13.0. The Balaban J connectivity index is 2.16. The monoisotopic (exact) mass is 355 g/mol. The second kappa shape index (κ2) is 6.38. The van der Waals surface area contributed by atoms with E-state index in [0.717, 1.165) is 18.7 Å². The van der Waals surface area contributed by atoms with Crippen molar-refractivity contribution < 1.29 is 4.42 Å². The first-order chi connectivity index (χ1) is 8.70. The number of aryl methyl sites for hydroxylation is 1. The van der Waals surface area contributed by atoms with Crippen LogP contribution in [0.15, 0.2) is 41.0 Å². The number of hydrogen-bond donors (Lipinski definition) is 1. The van der Waals surface area contributed by atoms with Crippen LogP contribution in [0.3, 0.4) is 0 Å². The van der Waals surface area contributed by atoms with Crippen LogP contribution in [0.25, 0.3) is 0 Å². The standard InChI is InChI=1S/C15H18INO/c1-3-17-15(14-8-9-18-11(14)2)10-12-4-6-13(16)7-5-12/h4-9,15,17H,3,10H2,1-2H3. The summed E-state index contributed by atoms with van der Waals surface area (Å²) in [6, 6.07) is 11.1. The van der Waals surface area contributed by atoms with E-state index < -0.39 is 0 Å². The lowest BCUT2D eigenvalue weighted by Crippen LogP contribution is -2.23. The minimum atomic E-state index is 0.328. The van der Waals surface area contributed by atoms with Gasteiger partial charge in [0.2, 0.25) is 0 Å². The molecule has 1 aromatic carbocycles. The van der Waals surface area contributed by atoms with Crippen LogP contribution in [0.5, 0.6) is 0 Å². The van der Waals surface area contributed by atoms with E-state index in [1.165, 1.54) is 14.7 Å². The summed E-state index contributed by atoms with van der Waals surface area (Å²) in [4.78, 5) is 0. The zero-order valence-corrected chi connectivity index (χ0v) is 12.9. The molecule has 2 aromatic rings. The lowest BCUT2D eigenvalue weighted by Gasteiger charge is -2.17. The Morgan fingerprint density at radius 3 is 2.50 bits per heavy atom. The summed E-state index contributed by atoms with van der Waals surface area (Å²) in [6.07, 6.45) is 2.76. The Morgan fingerprint density at radius 1 is 1.22 bits per heavy atom. The number of rotatable bonds is 5. The minimum absolute atomic E-state index is 0.328. The van der Waals surface area contributed by atoms with Gasteiger partial charge < -0.3 is 9.73 Å². The zero-order valence-electron chi connectivity index (χ0n) is 10.7. The number of nitrogens with one attached hydrogen (secondary N) is 1. The first-order valence-corrected chi connectivity index (χ1v) is 7.30. The topological polar surface area (TPSA) is 25.2 Å². The van der Waals surface area contributed by atoms with Gasteiger partial charge in [-0.15, -0.1) is 0 Å². The van der Waals surface area contributed by atoms with E-state index in [9.17, 15) is 0 Å². The van der Waals surface area contributed by atoms with E-state index in [-0.39, 0.29) is 0 Å². The van der Waals surface area contributed by atoms with Crippen LogP contribution in [0, 0.1) is 10.5 Å². The van der Waals surface area contributed by atoms with Crippen molar-refractivity contribution in [3.8, 4) is 0 Å². The SMILES string of the molecule is CCNC(Cc1ccc(I)cc1)c1ccoc1C. The van der Waals surface area contributed by atoms with Crippen LogP contribution in [0.1, 0.15) is 29.9 Å². The van der Waals surface area contributed by atoms with Gasteiger partial charge in [0.25, 0.3) is 0 Å². The van der Waals surface area contributed by atoms with E-state index in [4.69, 9.17) is 4.42 Å². The van der Waals surface area contributed by atoms with Crippen LogP contribution in [-0.4, -0.2) is 6.54 Å². The fourth-order valence-corrected chi connectivity index (χ4v) is 2.51. The molecule has 96 valence electrons. The van der Waals surface area contributed by atoms with Gasteiger partial charge in [-0.3, -0.25) is 0 Å². The third-order valence-corrected chi connectivity index (χ3v) is 3.80. The van der Waals surface area contributed by atoms with E-state index in [0.29, 0.717) is 6.04 Å². The number of hydrogen-bond acceptors (Lipinski definition) is 2.